The third-order valence-electron chi connectivity index (χ3n) is 6.80. The van der Waals surface area contributed by atoms with Crippen LogP contribution < -0.4 is 0 Å². The van der Waals surface area contributed by atoms with Crippen LogP contribution in [0.2, 0.25) is 0 Å². The first-order chi connectivity index (χ1) is 19.1. The quantitative estimate of drug-likeness (QED) is 0.0770. The lowest BCUT2D eigenvalue weighted by Gasteiger charge is -2.25. The number of benzene rings is 3. The molecule has 1 aliphatic rings. The smallest absolute Gasteiger partial charge is 0.344 e. The first-order valence-electron chi connectivity index (χ1n) is 13.1. The Morgan fingerprint density at radius 2 is 1.65 bits per heavy atom. The van der Waals surface area contributed by atoms with E-state index >= 15 is 0 Å². The number of allylic oxidation sites excluding steroid dienone is 5. The van der Waals surface area contributed by atoms with Gasteiger partial charge in [0.25, 0.3) is 0 Å². The average Bonchev–Trinajstić information content (AvgIpc) is 2.94. The fourth-order valence-electron chi connectivity index (χ4n) is 4.48. The van der Waals surface area contributed by atoms with Crippen molar-refractivity contribution in [1.82, 2.24) is 0 Å². The van der Waals surface area contributed by atoms with E-state index in [2.05, 4.69) is 49.9 Å². The van der Waals surface area contributed by atoms with Crippen LogP contribution >= 0.6 is 11.8 Å². The van der Waals surface area contributed by atoms with E-state index in [-0.39, 0.29) is 11.5 Å². The summed E-state index contributed by atoms with van der Waals surface area (Å²) in [5.74, 6) is -2.21. The molecule has 1 aliphatic heterocycles. The number of ether oxygens (including phenoxy) is 2. The Hall–Kier alpha value is -3.93. The van der Waals surface area contributed by atoms with Gasteiger partial charge in [-0.3, -0.25) is 4.79 Å². The van der Waals surface area contributed by atoms with Gasteiger partial charge < -0.3 is 9.47 Å². The predicted molar refractivity (Wildman–Crippen MR) is 164 cm³/mol. The van der Waals surface area contributed by atoms with Crippen LogP contribution in [0.4, 0.5) is 0 Å². The lowest BCUT2D eigenvalue weighted by Crippen LogP contribution is -2.31. The number of thioether (sulfide) groups is 1. The number of hydrogen-bond acceptors (Lipinski definition) is 5. The maximum atomic E-state index is 13.4. The average molecular weight is 551 g/mol. The number of hydrogen-bond donors (Lipinski definition) is 0. The lowest BCUT2D eigenvalue weighted by atomic mass is 9.87. The van der Waals surface area contributed by atoms with Gasteiger partial charge in [-0.05, 0) is 52.5 Å². The minimum Gasteiger partial charge on any atom is -0.430 e. The molecule has 0 N–H and O–H groups in total. The predicted octanol–water partition coefficient (Wildman–Crippen LogP) is 8.44. The topological polar surface area (TPSA) is 52.6 Å². The fourth-order valence-corrected chi connectivity index (χ4v) is 5.42. The minimum absolute atomic E-state index is 0.0383. The standard InChI is InChI=1S/C35H34O4S/c1-23-12-15-27(16-13-23)29-18-19-30-32(21-29)40-25(3)20-28(26-10-8-7-9-11-26)17-14-24(2)33(30)31(22-36)34(37)39-35(4,5)38-6/h7-22,24H,3H2,1-2,4-6H3/b17-14-,28-20+,33-31+. The van der Waals surface area contributed by atoms with Crippen LogP contribution in [0.3, 0.4) is 0 Å². The second kappa shape index (κ2) is 12.5. The molecule has 3 aromatic carbocycles. The molecule has 1 heterocycles. The van der Waals surface area contributed by atoms with Crippen molar-refractivity contribution >= 4 is 35.2 Å². The molecule has 0 aliphatic carbocycles. The number of fused-ring (bicyclic) bond motifs is 1. The molecule has 3 aromatic rings. The van der Waals surface area contributed by atoms with Crippen molar-refractivity contribution in [3.8, 4) is 11.1 Å². The largest absolute Gasteiger partial charge is 0.430 e. The number of methoxy groups -OCH3 is 1. The highest BCUT2D eigenvalue weighted by Gasteiger charge is 2.29. The van der Waals surface area contributed by atoms with Crippen molar-refractivity contribution in [1.29, 1.82) is 0 Å². The summed E-state index contributed by atoms with van der Waals surface area (Å²) in [6.45, 7) is 11.6. The molecule has 204 valence electrons. The number of carbonyl (C=O) groups excluding carboxylic acids is 2. The second-order valence-corrected chi connectivity index (χ2v) is 11.4. The van der Waals surface area contributed by atoms with E-state index in [1.54, 1.807) is 13.8 Å². The van der Waals surface area contributed by atoms with Gasteiger partial charge in [-0.15, -0.1) is 0 Å². The zero-order valence-electron chi connectivity index (χ0n) is 23.6. The summed E-state index contributed by atoms with van der Waals surface area (Å²) in [7, 11) is 1.46. The summed E-state index contributed by atoms with van der Waals surface area (Å²) >= 11 is 1.51. The summed E-state index contributed by atoms with van der Waals surface area (Å²) in [6, 6.07) is 24.5. The molecular weight excluding hydrogens is 516 g/mol. The van der Waals surface area contributed by atoms with Crippen LogP contribution in [0, 0.1) is 12.8 Å². The highest BCUT2D eigenvalue weighted by atomic mass is 32.2. The van der Waals surface area contributed by atoms with E-state index in [1.165, 1.54) is 24.4 Å². The molecule has 0 radical (unpaired) electrons. The van der Waals surface area contributed by atoms with Gasteiger partial charge >= 0.3 is 5.97 Å². The van der Waals surface area contributed by atoms with Crippen LogP contribution in [0.5, 0.6) is 0 Å². The molecule has 40 heavy (non-hydrogen) atoms. The number of aryl methyl sites for hydroxylation is 1. The molecule has 0 aromatic heterocycles. The van der Waals surface area contributed by atoms with Gasteiger partial charge in [0.2, 0.25) is 5.79 Å². The Labute approximate surface area is 241 Å². The van der Waals surface area contributed by atoms with Crippen molar-refractivity contribution in [3.63, 3.8) is 0 Å². The fraction of sp³-hybridized carbons (Fsp3) is 0.200. The molecule has 4 nitrogen and oxygen atoms in total. The van der Waals surface area contributed by atoms with Crippen molar-refractivity contribution in [2.45, 2.75) is 38.4 Å². The molecule has 0 amide bonds. The van der Waals surface area contributed by atoms with Crippen molar-refractivity contribution < 1.29 is 19.1 Å². The molecule has 1 atom stereocenters. The van der Waals surface area contributed by atoms with Crippen LogP contribution in [0.25, 0.3) is 22.3 Å². The number of carbonyl (C=O) groups is 2. The van der Waals surface area contributed by atoms with Crippen molar-refractivity contribution in [2.24, 2.45) is 5.92 Å². The number of rotatable bonds is 6. The Bertz CT molecular complexity index is 1510. The summed E-state index contributed by atoms with van der Waals surface area (Å²) in [5.41, 5.74) is 6.65. The highest BCUT2D eigenvalue weighted by molar-refractivity contribution is 8.03. The molecular formula is C35H34O4S. The monoisotopic (exact) mass is 550 g/mol. The van der Waals surface area contributed by atoms with E-state index in [0.29, 0.717) is 11.9 Å². The van der Waals surface area contributed by atoms with Gasteiger partial charge in [0.05, 0.1) is 0 Å². The zero-order chi connectivity index (χ0) is 28.9. The summed E-state index contributed by atoms with van der Waals surface area (Å²) in [5, 5.41) is 0. The van der Waals surface area contributed by atoms with Gasteiger partial charge in [0.1, 0.15) is 5.57 Å². The highest BCUT2D eigenvalue weighted by Crippen LogP contribution is 2.42. The SMILES string of the molecule is C=C1/C=C(c2ccccc2)\C=C/C(C)/C(=C(/C=O)C(=O)OC(C)(C)OC)c2ccc(-c3ccc(C)cc3)cc2S1. The van der Waals surface area contributed by atoms with Crippen molar-refractivity contribution in [3.05, 3.63) is 125 Å². The molecule has 0 saturated heterocycles. The number of aldehydes is 1. The molecule has 1 unspecified atom stereocenters. The molecule has 0 saturated carbocycles. The van der Waals surface area contributed by atoms with Crippen molar-refractivity contribution in [2.75, 3.05) is 7.11 Å². The molecule has 0 bridgehead atoms. The van der Waals surface area contributed by atoms with Crippen LogP contribution in [0.15, 0.2) is 113 Å². The first-order valence-corrected chi connectivity index (χ1v) is 13.9. The molecule has 5 heteroatoms. The normalized spacial score (nSPS) is 19.1. The zero-order valence-corrected chi connectivity index (χ0v) is 24.4. The third-order valence-corrected chi connectivity index (χ3v) is 7.74. The van der Waals surface area contributed by atoms with E-state index in [0.717, 1.165) is 37.6 Å². The summed E-state index contributed by atoms with van der Waals surface area (Å²) in [4.78, 5) is 27.6. The lowest BCUT2D eigenvalue weighted by molar-refractivity contribution is -0.201. The van der Waals surface area contributed by atoms with E-state index < -0.39 is 11.8 Å². The molecule has 0 fully saturated rings. The van der Waals surface area contributed by atoms with Crippen LogP contribution in [-0.2, 0) is 19.1 Å². The molecule has 0 spiro atoms. The van der Waals surface area contributed by atoms with Gasteiger partial charge in [-0.1, -0.05) is 110 Å². The van der Waals surface area contributed by atoms with E-state index in [1.807, 2.05) is 61.5 Å². The molecule has 4 rings (SSSR count). The van der Waals surface area contributed by atoms with Crippen LogP contribution in [-0.4, -0.2) is 25.2 Å². The summed E-state index contributed by atoms with van der Waals surface area (Å²) in [6.07, 6.45) is 6.68. The maximum absolute atomic E-state index is 13.4. The van der Waals surface area contributed by atoms with Crippen LogP contribution in [0.1, 0.15) is 37.5 Å². The Kier molecular flexibility index (Phi) is 9.08. The van der Waals surface area contributed by atoms with Gasteiger partial charge in [0.15, 0.2) is 6.29 Å². The van der Waals surface area contributed by atoms with Gasteiger partial charge in [0, 0.05) is 36.7 Å². The van der Waals surface area contributed by atoms with E-state index in [4.69, 9.17) is 9.47 Å². The first kappa shape index (κ1) is 29.1. The Morgan fingerprint density at radius 3 is 2.30 bits per heavy atom. The van der Waals surface area contributed by atoms with Gasteiger partial charge in [-0.25, -0.2) is 4.79 Å². The third kappa shape index (κ3) is 6.79. The van der Waals surface area contributed by atoms with E-state index in [9.17, 15) is 9.59 Å². The Balaban J connectivity index is 1.95. The second-order valence-electron chi connectivity index (χ2n) is 10.2. The van der Waals surface area contributed by atoms with Gasteiger partial charge in [-0.2, -0.15) is 0 Å². The number of esters is 1. The Morgan fingerprint density at radius 1 is 0.975 bits per heavy atom. The summed E-state index contributed by atoms with van der Waals surface area (Å²) < 4.78 is 10.9. The maximum Gasteiger partial charge on any atom is 0.344 e. The minimum atomic E-state index is -1.19.